The van der Waals surface area contributed by atoms with Crippen molar-refractivity contribution in [3.05, 3.63) is 60.2 Å². The van der Waals surface area contributed by atoms with Crippen LogP contribution in [-0.2, 0) is 13.6 Å². The van der Waals surface area contributed by atoms with E-state index >= 15 is 0 Å². The normalized spacial score (nSPS) is 14.5. The van der Waals surface area contributed by atoms with E-state index in [4.69, 9.17) is 14.6 Å². The molecule has 1 saturated carbocycles. The Morgan fingerprint density at radius 1 is 1.12 bits per heavy atom. The van der Waals surface area contributed by atoms with Crippen LogP contribution in [0.4, 0.5) is 0 Å². The number of nitrogens with zero attached hydrogens (tertiary/aromatic N) is 3. The summed E-state index contributed by atoms with van der Waals surface area (Å²) in [4.78, 5) is 2.35. The number of aliphatic hydroxyl groups is 1. The summed E-state index contributed by atoms with van der Waals surface area (Å²) in [5.41, 5.74) is 3.00. The number of rotatable bonds is 11. The lowest BCUT2D eigenvalue weighted by atomic mass is 10.1. The second-order valence-electron chi connectivity index (χ2n) is 8.60. The zero-order chi connectivity index (χ0) is 22.5. The first-order chi connectivity index (χ1) is 15.6. The van der Waals surface area contributed by atoms with Gasteiger partial charge in [0.25, 0.3) is 0 Å². The van der Waals surface area contributed by atoms with Crippen molar-refractivity contribution in [2.75, 3.05) is 20.2 Å². The van der Waals surface area contributed by atoms with E-state index in [2.05, 4.69) is 17.0 Å². The van der Waals surface area contributed by atoms with Crippen LogP contribution in [0.25, 0.3) is 11.3 Å². The highest BCUT2D eigenvalue weighted by atomic mass is 16.5. The van der Waals surface area contributed by atoms with E-state index in [1.165, 1.54) is 12.8 Å². The van der Waals surface area contributed by atoms with Gasteiger partial charge in [0.2, 0.25) is 5.88 Å². The average molecular weight is 436 g/mol. The minimum Gasteiger partial charge on any atom is -0.497 e. The predicted octanol–water partition coefficient (Wildman–Crippen LogP) is 4.87. The number of aliphatic hydroxyl groups excluding tert-OH is 1. The zero-order valence-corrected chi connectivity index (χ0v) is 19.2. The molecule has 6 nitrogen and oxygen atoms in total. The standard InChI is InChI=1S/C26H33N3O3/c1-4-21(30)17-29(16-19-13-14-19)18-24-25(20-9-6-5-7-10-20)27-28(2)26(24)32-23-12-8-11-22(15-23)31-3/h5-12,15,19,21,30H,4,13-14,16-18H2,1-3H3. The molecule has 0 saturated heterocycles. The number of methoxy groups -OCH3 is 1. The Morgan fingerprint density at radius 3 is 2.56 bits per heavy atom. The highest BCUT2D eigenvalue weighted by molar-refractivity contribution is 5.65. The fourth-order valence-electron chi connectivity index (χ4n) is 3.95. The van der Waals surface area contributed by atoms with Crippen molar-refractivity contribution < 1.29 is 14.6 Å². The topological polar surface area (TPSA) is 59.8 Å². The summed E-state index contributed by atoms with van der Waals surface area (Å²) in [5.74, 6) is 2.88. The van der Waals surface area contributed by atoms with E-state index in [0.717, 1.165) is 41.5 Å². The molecular weight excluding hydrogens is 402 g/mol. The van der Waals surface area contributed by atoms with Gasteiger partial charge in [-0.25, -0.2) is 4.68 Å². The van der Waals surface area contributed by atoms with Crippen LogP contribution in [-0.4, -0.2) is 46.1 Å². The number of hydrogen-bond donors (Lipinski definition) is 1. The van der Waals surface area contributed by atoms with E-state index in [9.17, 15) is 5.11 Å². The lowest BCUT2D eigenvalue weighted by Crippen LogP contribution is -2.33. The summed E-state index contributed by atoms with van der Waals surface area (Å²) in [6.45, 7) is 4.33. The van der Waals surface area contributed by atoms with E-state index in [1.807, 2.05) is 61.1 Å². The molecule has 32 heavy (non-hydrogen) atoms. The van der Waals surface area contributed by atoms with Crippen LogP contribution in [0.15, 0.2) is 54.6 Å². The Hall–Kier alpha value is -2.83. The van der Waals surface area contributed by atoms with Crippen LogP contribution in [0.1, 0.15) is 31.7 Å². The lowest BCUT2D eigenvalue weighted by Gasteiger charge is -2.25. The Bertz CT molecular complexity index is 1010. The molecule has 0 spiro atoms. The van der Waals surface area contributed by atoms with Gasteiger partial charge < -0.3 is 14.6 Å². The second-order valence-corrected chi connectivity index (χ2v) is 8.60. The summed E-state index contributed by atoms with van der Waals surface area (Å²) in [5, 5.41) is 15.2. The van der Waals surface area contributed by atoms with E-state index in [-0.39, 0.29) is 6.10 Å². The van der Waals surface area contributed by atoms with Crippen molar-refractivity contribution >= 4 is 0 Å². The van der Waals surface area contributed by atoms with Gasteiger partial charge in [0, 0.05) is 38.3 Å². The molecule has 0 amide bonds. The molecule has 1 aliphatic rings. The maximum absolute atomic E-state index is 10.4. The molecule has 4 rings (SSSR count). The van der Waals surface area contributed by atoms with Crippen LogP contribution in [0.2, 0.25) is 0 Å². The van der Waals surface area contributed by atoms with Gasteiger partial charge in [-0.15, -0.1) is 0 Å². The van der Waals surface area contributed by atoms with Crippen LogP contribution >= 0.6 is 0 Å². The molecule has 1 aromatic heterocycles. The highest BCUT2D eigenvalue weighted by Gasteiger charge is 2.28. The molecule has 1 heterocycles. The van der Waals surface area contributed by atoms with Crippen molar-refractivity contribution in [3.63, 3.8) is 0 Å². The van der Waals surface area contributed by atoms with Gasteiger partial charge in [-0.1, -0.05) is 43.3 Å². The Morgan fingerprint density at radius 2 is 1.88 bits per heavy atom. The molecule has 170 valence electrons. The second kappa shape index (κ2) is 10.2. The van der Waals surface area contributed by atoms with Crippen LogP contribution in [0.3, 0.4) is 0 Å². The van der Waals surface area contributed by atoms with E-state index in [0.29, 0.717) is 24.7 Å². The highest BCUT2D eigenvalue weighted by Crippen LogP contribution is 2.36. The van der Waals surface area contributed by atoms with E-state index in [1.54, 1.807) is 7.11 Å². The third kappa shape index (κ3) is 5.50. The van der Waals surface area contributed by atoms with Gasteiger partial charge in [0.1, 0.15) is 17.2 Å². The van der Waals surface area contributed by atoms with Gasteiger partial charge in [-0.05, 0) is 37.3 Å². The summed E-state index contributed by atoms with van der Waals surface area (Å²) in [7, 11) is 3.56. The van der Waals surface area contributed by atoms with Crippen LogP contribution in [0, 0.1) is 5.92 Å². The molecule has 0 radical (unpaired) electrons. The van der Waals surface area contributed by atoms with Crippen molar-refractivity contribution in [3.8, 4) is 28.6 Å². The van der Waals surface area contributed by atoms with Crippen LogP contribution < -0.4 is 9.47 Å². The fraction of sp³-hybridized carbons (Fsp3) is 0.423. The lowest BCUT2D eigenvalue weighted by molar-refractivity contribution is 0.102. The Balaban J connectivity index is 1.71. The maximum atomic E-state index is 10.4. The number of ether oxygens (including phenoxy) is 2. The van der Waals surface area contributed by atoms with Crippen molar-refractivity contribution in [2.45, 2.75) is 38.8 Å². The van der Waals surface area contributed by atoms with Gasteiger partial charge in [-0.3, -0.25) is 4.90 Å². The number of benzene rings is 2. The van der Waals surface area contributed by atoms with Gasteiger partial charge >= 0.3 is 0 Å². The van der Waals surface area contributed by atoms with Crippen molar-refractivity contribution in [1.29, 1.82) is 0 Å². The molecule has 1 fully saturated rings. The zero-order valence-electron chi connectivity index (χ0n) is 19.2. The van der Waals surface area contributed by atoms with Gasteiger partial charge in [-0.2, -0.15) is 5.10 Å². The quantitative estimate of drug-likeness (QED) is 0.466. The fourth-order valence-corrected chi connectivity index (χ4v) is 3.95. The molecule has 1 unspecified atom stereocenters. The molecule has 6 heteroatoms. The molecule has 1 aliphatic carbocycles. The minimum absolute atomic E-state index is 0.339. The number of aromatic nitrogens is 2. The number of hydrogen-bond acceptors (Lipinski definition) is 5. The smallest absolute Gasteiger partial charge is 0.222 e. The Kier molecular flexibility index (Phi) is 7.12. The first-order valence-corrected chi connectivity index (χ1v) is 11.4. The minimum atomic E-state index is -0.339. The van der Waals surface area contributed by atoms with E-state index < -0.39 is 0 Å². The summed E-state index contributed by atoms with van der Waals surface area (Å²) in [6.07, 6.45) is 2.94. The third-order valence-corrected chi connectivity index (χ3v) is 5.93. The first-order valence-electron chi connectivity index (χ1n) is 11.4. The molecule has 1 atom stereocenters. The maximum Gasteiger partial charge on any atom is 0.222 e. The molecule has 1 N–H and O–H groups in total. The van der Waals surface area contributed by atoms with Gasteiger partial charge in [0.05, 0.1) is 18.8 Å². The summed E-state index contributed by atoms with van der Waals surface area (Å²) < 4.78 is 13.5. The first kappa shape index (κ1) is 22.4. The van der Waals surface area contributed by atoms with Crippen molar-refractivity contribution in [2.24, 2.45) is 13.0 Å². The summed E-state index contributed by atoms with van der Waals surface area (Å²) >= 11 is 0. The molecule has 2 aromatic carbocycles. The largest absolute Gasteiger partial charge is 0.497 e. The molecule has 0 aliphatic heterocycles. The monoisotopic (exact) mass is 435 g/mol. The predicted molar refractivity (Wildman–Crippen MR) is 126 cm³/mol. The Labute approximate surface area is 190 Å². The summed E-state index contributed by atoms with van der Waals surface area (Å²) in [6, 6.07) is 17.8. The third-order valence-electron chi connectivity index (χ3n) is 5.93. The SMILES string of the molecule is CCC(O)CN(Cc1c(-c2ccccc2)nn(C)c1Oc1cccc(OC)c1)CC1CC1. The van der Waals surface area contributed by atoms with Gasteiger partial charge in [0.15, 0.2) is 0 Å². The average Bonchev–Trinajstić information content (AvgIpc) is 3.59. The molecular formula is C26H33N3O3. The number of aryl methyl sites for hydroxylation is 1. The molecule has 3 aromatic rings. The van der Waals surface area contributed by atoms with Crippen molar-refractivity contribution in [1.82, 2.24) is 14.7 Å². The van der Waals surface area contributed by atoms with Crippen LogP contribution in [0.5, 0.6) is 17.4 Å². The molecule has 0 bridgehead atoms.